The highest BCUT2D eigenvalue weighted by molar-refractivity contribution is 7.95. The van der Waals surface area contributed by atoms with Gasteiger partial charge in [0.1, 0.15) is 11.6 Å². The molecule has 13 heteroatoms. The van der Waals surface area contributed by atoms with Crippen LogP contribution in [0.15, 0.2) is 24.3 Å². The Morgan fingerprint density at radius 1 is 1.13 bits per heavy atom. The summed E-state index contributed by atoms with van der Waals surface area (Å²) in [6, 6.07) is 5.62. The summed E-state index contributed by atoms with van der Waals surface area (Å²) in [6.45, 7) is 2.15. The number of hydrogen-bond donors (Lipinski definition) is 0. The third-order valence-electron chi connectivity index (χ3n) is 5.53. The van der Waals surface area contributed by atoms with Gasteiger partial charge in [-0.25, -0.2) is 30.9 Å². The number of amides is 1. The Morgan fingerprint density at radius 3 is 2.35 bits per heavy atom. The fraction of sp³-hybridized carbons (Fsp3) is 0.500. The molecule has 0 spiro atoms. The van der Waals surface area contributed by atoms with Gasteiger partial charge < -0.3 is 4.90 Å². The van der Waals surface area contributed by atoms with Crippen LogP contribution in [0.3, 0.4) is 0 Å². The first-order valence-electron chi connectivity index (χ1n) is 9.75. The van der Waals surface area contributed by atoms with Crippen LogP contribution in [-0.2, 0) is 19.9 Å². The number of aryl methyl sites for hydroxylation is 1. The van der Waals surface area contributed by atoms with Crippen molar-refractivity contribution >= 4 is 25.8 Å². The second kappa shape index (κ2) is 7.95. The minimum absolute atomic E-state index is 0.0278. The van der Waals surface area contributed by atoms with Gasteiger partial charge in [-0.05, 0) is 37.6 Å². The van der Waals surface area contributed by atoms with Crippen molar-refractivity contribution in [2.75, 3.05) is 37.7 Å². The second-order valence-electron chi connectivity index (χ2n) is 7.63. The van der Waals surface area contributed by atoms with Crippen LogP contribution in [0.4, 0.5) is 4.39 Å². The molecular formula is C18H22FN5O5S2. The Bertz CT molecular complexity index is 1200. The van der Waals surface area contributed by atoms with Gasteiger partial charge in [-0.15, -0.1) is 5.10 Å². The zero-order chi connectivity index (χ0) is 22.4. The first kappa shape index (κ1) is 21.8. The number of nitrogens with zero attached hydrogens (tertiary/aromatic N) is 5. The Kier molecular flexibility index (Phi) is 5.60. The number of piperazine rings is 1. The molecule has 3 heterocycles. The second-order valence-corrected chi connectivity index (χ2v) is 12.1. The van der Waals surface area contributed by atoms with Crippen LogP contribution in [0.2, 0.25) is 0 Å². The van der Waals surface area contributed by atoms with E-state index in [0.717, 1.165) is 0 Å². The van der Waals surface area contributed by atoms with Gasteiger partial charge >= 0.3 is 0 Å². The highest BCUT2D eigenvalue weighted by atomic mass is 32.2. The fourth-order valence-corrected chi connectivity index (χ4v) is 8.31. The van der Waals surface area contributed by atoms with Gasteiger partial charge in [-0.3, -0.25) is 4.79 Å². The van der Waals surface area contributed by atoms with E-state index < -0.39 is 31.0 Å². The van der Waals surface area contributed by atoms with Crippen LogP contribution in [-0.4, -0.2) is 89.6 Å². The summed E-state index contributed by atoms with van der Waals surface area (Å²) in [6.07, 6.45) is 0.105. The maximum atomic E-state index is 13.1. The number of halogens is 1. The summed E-state index contributed by atoms with van der Waals surface area (Å²) < 4.78 is 64.7. The van der Waals surface area contributed by atoms with Crippen molar-refractivity contribution in [2.45, 2.75) is 18.6 Å². The maximum absolute atomic E-state index is 13.1. The standard InChI is InChI=1S/C18H22FN5O5S2/c1-13-20-17(21-24(13)15-4-2-14(19)3-5-15)18(25)22-7-9-23(10-8-22)31(28,29)16-6-11-30(26,27)12-16/h2-5,16H,6-12H2,1H3/t16-/m1/s1. The van der Waals surface area contributed by atoms with Crippen molar-refractivity contribution in [1.29, 1.82) is 0 Å². The summed E-state index contributed by atoms with van der Waals surface area (Å²) in [5.41, 5.74) is 0.563. The minimum Gasteiger partial charge on any atom is -0.333 e. The molecule has 1 amide bonds. The molecule has 0 N–H and O–H groups in total. The van der Waals surface area contributed by atoms with Gasteiger partial charge in [0, 0.05) is 26.2 Å². The Morgan fingerprint density at radius 2 is 1.77 bits per heavy atom. The van der Waals surface area contributed by atoms with Crippen LogP contribution >= 0.6 is 0 Å². The van der Waals surface area contributed by atoms with Gasteiger partial charge in [-0.2, -0.15) is 4.31 Å². The van der Waals surface area contributed by atoms with Gasteiger partial charge in [0.2, 0.25) is 15.8 Å². The molecule has 1 atom stereocenters. The van der Waals surface area contributed by atoms with Crippen LogP contribution in [0.5, 0.6) is 0 Å². The Labute approximate surface area is 179 Å². The number of carbonyl (C=O) groups excluding carboxylic acids is 1. The number of sulfonamides is 1. The van der Waals surface area contributed by atoms with E-state index >= 15 is 0 Å². The number of aromatic nitrogens is 3. The average molecular weight is 472 g/mol. The fourth-order valence-electron chi connectivity index (χ4n) is 3.80. The number of sulfone groups is 1. The van der Waals surface area contributed by atoms with Crippen molar-refractivity contribution in [3.63, 3.8) is 0 Å². The van der Waals surface area contributed by atoms with Crippen molar-refractivity contribution < 1.29 is 26.0 Å². The van der Waals surface area contributed by atoms with Crippen molar-refractivity contribution in [2.24, 2.45) is 0 Å². The largest absolute Gasteiger partial charge is 0.333 e. The molecule has 0 saturated carbocycles. The van der Waals surface area contributed by atoms with Gasteiger partial charge in [0.15, 0.2) is 9.84 Å². The van der Waals surface area contributed by atoms with E-state index in [-0.39, 0.29) is 55.7 Å². The number of hydrogen-bond acceptors (Lipinski definition) is 7. The van der Waals surface area contributed by atoms with Crippen LogP contribution < -0.4 is 0 Å². The molecule has 2 fully saturated rings. The molecule has 2 aliphatic rings. The zero-order valence-corrected chi connectivity index (χ0v) is 18.4. The van der Waals surface area contributed by atoms with Crippen LogP contribution in [0.1, 0.15) is 22.9 Å². The molecule has 1 aromatic heterocycles. The predicted octanol–water partition coefficient (Wildman–Crippen LogP) is -0.0105. The molecule has 0 unspecified atom stereocenters. The van der Waals surface area contributed by atoms with E-state index in [1.54, 1.807) is 6.92 Å². The molecular weight excluding hydrogens is 449 g/mol. The SMILES string of the molecule is Cc1nc(C(=O)N2CCN(S(=O)(=O)[C@@H]3CCS(=O)(=O)C3)CC2)nn1-c1ccc(F)cc1. The van der Waals surface area contributed by atoms with Crippen LogP contribution in [0, 0.1) is 12.7 Å². The van der Waals surface area contributed by atoms with Gasteiger partial charge in [0.25, 0.3) is 5.91 Å². The number of carbonyl (C=O) groups is 1. The quantitative estimate of drug-likeness (QED) is 0.615. The molecule has 0 bridgehead atoms. The highest BCUT2D eigenvalue weighted by Crippen LogP contribution is 2.23. The Balaban J connectivity index is 1.43. The van der Waals surface area contributed by atoms with Crippen molar-refractivity contribution in [1.82, 2.24) is 24.0 Å². The van der Waals surface area contributed by atoms with E-state index in [9.17, 15) is 26.0 Å². The lowest BCUT2D eigenvalue weighted by molar-refractivity contribution is 0.0685. The third kappa shape index (κ3) is 4.34. The van der Waals surface area contributed by atoms with Crippen molar-refractivity contribution in [3.05, 3.63) is 41.7 Å². The summed E-state index contributed by atoms with van der Waals surface area (Å²) in [4.78, 5) is 18.5. The molecule has 31 heavy (non-hydrogen) atoms. The number of rotatable bonds is 4. The molecule has 1 aromatic carbocycles. The average Bonchev–Trinajstić information content (AvgIpc) is 3.30. The molecule has 2 saturated heterocycles. The summed E-state index contributed by atoms with van der Waals surface area (Å²) in [5.74, 6) is -0.848. The van der Waals surface area contributed by atoms with Gasteiger partial charge in [0.05, 0.1) is 22.4 Å². The molecule has 0 radical (unpaired) electrons. The van der Waals surface area contributed by atoms with E-state index in [1.165, 1.54) is 38.2 Å². The first-order chi connectivity index (χ1) is 14.6. The lowest BCUT2D eigenvalue weighted by atomic mass is 10.3. The van der Waals surface area contributed by atoms with E-state index in [1.807, 2.05) is 0 Å². The normalized spacial score (nSPS) is 22.0. The van der Waals surface area contributed by atoms with Crippen LogP contribution in [0.25, 0.3) is 5.69 Å². The Hall–Kier alpha value is -2.38. The molecule has 4 rings (SSSR count). The molecule has 10 nitrogen and oxygen atoms in total. The molecule has 2 aliphatic heterocycles. The summed E-state index contributed by atoms with van der Waals surface area (Å²) in [5, 5.41) is 3.30. The van der Waals surface area contributed by atoms with E-state index in [4.69, 9.17) is 0 Å². The van der Waals surface area contributed by atoms with Crippen molar-refractivity contribution in [3.8, 4) is 5.69 Å². The van der Waals surface area contributed by atoms with E-state index in [2.05, 4.69) is 10.1 Å². The third-order valence-corrected chi connectivity index (χ3v) is 9.84. The summed E-state index contributed by atoms with van der Waals surface area (Å²) >= 11 is 0. The minimum atomic E-state index is -3.74. The monoisotopic (exact) mass is 471 g/mol. The van der Waals surface area contributed by atoms with E-state index in [0.29, 0.717) is 11.5 Å². The summed E-state index contributed by atoms with van der Waals surface area (Å²) in [7, 11) is -7.05. The highest BCUT2D eigenvalue weighted by Gasteiger charge is 2.41. The molecule has 2 aromatic rings. The number of benzene rings is 1. The lowest BCUT2D eigenvalue weighted by Crippen LogP contribution is -2.52. The smallest absolute Gasteiger partial charge is 0.293 e. The van der Waals surface area contributed by atoms with Gasteiger partial charge in [-0.1, -0.05) is 0 Å². The molecule has 0 aliphatic carbocycles. The zero-order valence-electron chi connectivity index (χ0n) is 16.8. The lowest BCUT2D eigenvalue weighted by Gasteiger charge is -2.34. The predicted molar refractivity (Wildman–Crippen MR) is 110 cm³/mol. The topological polar surface area (TPSA) is 123 Å². The molecule has 168 valence electrons. The maximum Gasteiger partial charge on any atom is 0.293 e. The first-order valence-corrected chi connectivity index (χ1v) is 13.1.